The molecule has 0 N–H and O–H groups in total. The number of likely N-dealkylation sites (tertiary alicyclic amines) is 1. The number of ether oxygens (including phenoxy) is 2. The van der Waals surface area contributed by atoms with Crippen molar-refractivity contribution in [2.45, 2.75) is 76.7 Å². The fourth-order valence-electron chi connectivity index (χ4n) is 7.43. The molecule has 4 heteroatoms. The minimum atomic E-state index is -0.473. The zero-order valence-electron chi connectivity index (χ0n) is 17.3. The monoisotopic (exact) mass is 387 g/mol. The first kappa shape index (κ1) is 19.0. The maximum atomic E-state index is 12.1. The van der Waals surface area contributed by atoms with Gasteiger partial charge in [0.2, 0.25) is 0 Å². The van der Waals surface area contributed by atoms with Crippen LogP contribution in [-0.2, 0) is 9.47 Å². The summed E-state index contributed by atoms with van der Waals surface area (Å²) >= 11 is 0. The van der Waals surface area contributed by atoms with Gasteiger partial charge in [0.15, 0.2) is 0 Å². The van der Waals surface area contributed by atoms with E-state index in [1.165, 1.54) is 64.2 Å². The second-order valence-corrected chi connectivity index (χ2v) is 10.0. The molecule has 28 heavy (non-hydrogen) atoms. The molecule has 1 heterocycles. The van der Waals surface area contributed by atoms with Crippen molar-refractivity contribution >= 4 is 6.16 Å². The molecule has 0 aromatic heterocycles. The first-order valence-corrected chi connectivity index (χ1v) is 12.0. The maximum absolute atomic E-state index is 12.1. The van der Waals surface area contributed by atoms with E-state index in [0.717, 1.165) is 55.6 Å². The summed E-state index contributed by atoms with van der Waals surface area (Å²) < 4.78 is 11.0. The lowest BCUT2D eigenvalue weighted by molar-refractivity contribution is 0.0140. The van der Waals surface area contributed by atoms with Crippen LogP contribution in [0.4, 0.5) is 4.79 Å². The van der Waals surface area contributed by atoms with Crippen molar-refractivity contribution in [2.24, 2.45) is 29.6 Å². The minimum Gasteiger partial charge on any atom is -0.433 e. The Morgan fingerprint density at radius 3 is 2.71 bits per heavy atom. The van der Waals surface area contributed by atoms with E-state index in [2.05, 4.69) is 11.0 Å². The molecule has 3 saturated carbocycles. The molecule has 1 aliphatic heterocycles. The predicted molar refractivity (Wildman–Crippen MR) is 109 cm³/mol. The first-order valence-electron chi connectivity index (χ1n) is 12.0. The van der Waals surface area contributed by atoms with Crippen LogP contribution in [0.3, 0.4) is 0 Å². The molecule has 1 saturated heterocycles. The standard InChI is InChI=1S/C24H37NO3/c26-24(27-15-14-25-12-1-2-13-25)28-19-8-11-21-18(16-19)7-10-22-20-5-3-4-17(20)6-9-23(21)22/h16-17,19-23H,1-15H2. The van der Waals surface area contributed by atoms with Crippen molar-refractivity contribution in [3.05, 3.63) is 11.6 Å². The van der Waals surface area contributed by atoms with Gasteiger partial charge < -0.3 is 9.47 Å². The van der Waals surface area contributed by atoms with Crippen LogP contribution in [-0.4, -0.2) is 43.4 Å². The highest BCUT2D eigenvalue weighted by atomic mass is 16.7. The number of carbonyl (C=O) groups is 1. The van der Waals surface area contributed by atoms with Gasteiger partial charge in [0.1, 0.15) is 12.7 Å². The van der Waals surface area contributed by atoms with Crippen molar-refractivity contribution in [3.8, 4) is 0 Å². The van der Waals surface area contributed by atoms with Crippen molar-refractivity contribution in [3.63, 3.8) is 0 Å². The molecular weight excluding hydrogens is 350 g/mol. The van der Waals surface area contributed by atoms with Gasteiger partial charge >= 0.3 is 6.16 Å². The van der Waals surface area contributed by atoms with Crippen LogP contribution in [0.5, 0.6) is 0 Å². The number of allylic oxidation sites excluding steroid dienone is 1. The Labute approximate surface area is 170 Å². The Bertz CT molecular complexity index is 597. The molecular formula is C24H37NO3. The summed E-state index contributed by atoms with van der Waals surface area (Å²) in [6.07, 6.45) is 16.5. The molecule has 6 atom stereocenters. The second kappa shape index (κ2) is 8.38. The van der Waals surface area contributed by atoms with Crippen LogP contribution in [0.1, 0.15) is 70.6 Å². The summed E-state index contributed by atoms with van der Waals surface area (Å²) in [6.45, 7) is 3.57. The third-order valence-electron chi connectivity index (χ3n) is 8.68. The SMILES string of the molecule is O=C(OCCN1CCCC1)OC1C=C2CCC3C4CCCC4CCC3C2CC1. The third-order valence-corrected chi connectivity index (χ3v) is 8.68. The smallest absolute Gasteiger partial charge is 0.433 e. The molecule has 4 nitrogen and oxygen atoms in total. The van der Waals surface area contributed by atoms with E-state index in [9.17, 15) is 4.79 Å². The summed E-state index contributed by atoms with van der Waals surface area (Å²) in [5, 5.41) is 0. The molecule has 0 radical (unpaired) electrons. The molecule has 0 spiro atoms. The number of fused-ring (bicyclic) bond motifs is 5. The van der Waals surface area contributed by atoms with Gasteiger partial charge in [0.25, 0.3) is 0 Å². The second-order valence-electron chi connectivity index (χ2n) is 10.0. The van der Waals surface area contributed by atoms with Crippen LogP contribution >= 0.6 is 0 Å². The van der Waals surface area contributed by atoms with Gasteiger partial charge in [-0.05, 0) is 107 Å². The molecule has 4 fully saturated rings. The van der Waals surface area contributed by atoms with Crippen LogP contribution in [0.15, 0.2) is 11.6 Å². The van der Waals surface area contributed by atoms with Crippen LogP contribution in [0, 0.1) is 29.6 Å². The Morgan fingerprint density at radius 1 is 0.929 bits per heavy atom. The lowest BCUT2D eigenvalue weighted by atomic mass is 9.56. The number of nitrogens with zero attached hydrogens (tertiary/aromatic N) is 1. The lowest BCUT2D eigenvalue weighted by Gasteiger charge is -2.49. The number of rotatable bonds is 4. The summed E-state index contributed by atoms with van der Waals surface area (Å²) in [7, 11) is 0. The number of hydrogen-bond acceptors (Lipinski definition) is 4. The summed E-state index contributed by atoms with van der Waals surface area (Å²) in [5.41, 5.74) is 1.60. The van der Waals surface area contributed by atoms with Gasteiger partial charge in [-0.2, -0.15) is 0 Å². The molecule has 0 bridgehead atoms. The van der Waals surface area contributed by atoms with Crippen molar-refractivity contribution in [1.82, 2.24) is 4.90 Å². The Balaban J connectivity index is 1.13. The van der Waals surface area contributed by atoms with Gasteiger partial charge in [-0.1, -0.05) is 18.4 Å². The van der Waals surface area contributed by atoms with E-state index < -0.39 is 6.16 Å². The molecule has 0 amide bonds. The zero-order chi connectivity index (χ0) is 18.9. The van der Waals surface area contributed by atoms with E-state index in [0.29, 0.717) is 6.61 Å². The van der Waals surface area contributed by atoms with Crippen LogP contribution < -0.4 is 0 Å². The van der Waals surface area contributed by atoms with Gasteiger partial charge in [-0.25, -0.2) is 4.79 Å². The Hall–Kier alpha value is -1.03. The highest BCUT2D eigenvalue weighted by molar-refractivity contribution is 5.60. The quantitative estimate of drug-likeness (QED) is 0.492. The molecule has 0 aromatic rings. The largest absolute Gasteiger partial charge is 0.508 e. The van der Waals surface area contributed by atoms with Crippen LogP contribution in [0.2, 0.25) is 0 Å². The summed E-state index contributed by atoms with van der Waals surface area (Å²) in [6, 6.07) is 0. The maximum Gasteiger partial charge on any atom is 0.508 e. The Morgan fingerprint density at radius 2 is 1.82 bits per heavy atom. The number of hydrogen-bond donors (Lipinski definition) is 0. The van der Waals surface area contributed by atoms with E-state index in [4.69, 9.17) is 9.47 Å². The van der Waals surface area contributed by atoms with Crippen LogP contribution in [0.25, 0.3) is 0 Å². The molecule has 5 aliphatic rings. The van der Waals surface area contributed by atoms with E-state index in [-0.39, 0.29) is 6.10 Å². The summed E-state index contributed by atoms with van der Waals surface area (Å²) in [5.74, 6) is 4.73. The van der Waals surface area contributed by atoms with Crippen molar-refractivity contribution in [2.75, 3.05) is 26.2 Å². The molecule has 156 valence electrons. The zero-order valence-corrected chi connectivity index (χ0v) is 17.3. The topological polar surface area (TPSA) is 38.8 Å². The van der Waals surface area contributed by atoms with E-state index >= 15 is 0 Å². The van der Waals surface area contributed by atoms with E-state index in [1.54, 1.807) is 5.57 Å². The molecule has 0 aromatic carbocycles. The molecule has 6 unspecified atom stereocenters. The molecule has 5 rings (SSSR count). The van der Waals surface area contributed by atoms with Crippen molar-refractivity contribution in [1.29, 1.82) is 0 Å². The summed E-state index contributed by atoms with van der Waals surface area (Å²) in [4.78, 5) is 14.5. The highest BCUT2D eigenvalue weighted by Crippen LogP contribution is 2.56. The van der Waals surface area contributed by atoms with E-state index in [1.807, 2.05) is 0 Å². The molecule has 4 aliphatic carbocycles. The minimum absolute atomic E-state index is 0.0649. The first-order chi connectivity index (χ1) is 13.8. The average molecular weight is 388 g/mol. The van der Waals surface area contributed by atoms with Crippen molar-refractivity contribution < 1.29 is 14.3 Å². The predicted octanol–water partition coefficient (Wildman–Crippen LogP) is 5.18. The third kappa shape index (κ3) is 3.86. The number of carbonyl (C=O) groups excluding carboxylic acids is 1. The Kier molecular flexibility index (Phi) is 5.67. The van der Waals surface area contributed by atoms with Gasteiger partial charge in [-0.3, -0.25) is 4.90 Å². The lowest BCUT2D eigenvalue weighted by Crippen LogP contribution is -2.41. The normalized spacial score (nSPS) is 40.2. The highest BCUT2D eigenvalue weighted by Gasteiger charge is 2.47. The van der Waals surface area contributed by atoms with Gasteiger partial charge in [0.05, 0.1) is 0 Å². The van der Waals surface area contributed by atoms with Gasteiger partial charge in [-0.15, -0.1) is 0 Å². The van der Waals surface area contributed by atoms with Gasteiger partial charge in [0, 0.05) is 6.54 Å². The fraction of sp³-hybridized carbons (Fsp3) is 0.875. The average Bonchev–Trinajstić information content (AvgIpc) is 3.39. The fourth-order valence-corrected chi connectivity index (χ4v) is 7.43.